The number of carbonyl (C=O) groups excluding carboxylic acids is 1. The molecule has 0 saturated carbocycles. The van der Waals surface area contributed by atoms with Crippen LogP contribution in [0.25, 0.3) is 6.08 Å². The number of hydrogen-bond donors (Lipinski definition) is 2. The molecule has 2 heterocycles. The number of aromatic nitrogens is 1. The molecule has 0 radical (unpaired) electrons. The van der Waals surface area contributed by atoms with Crippen LogP contribution in [0.15, 0.2) is 47.9 Å². The summed E-state index contributed by atoms with van der Waals surface area (Å²) in [5, 5.41) is 2.79. The second-order valence-electron chi connectivity index (χ2n) is 8.63. The smallest absolute Gasteiger partial charge is 0.445 e. The zero-order valence-electron chi connectivity index (χ0n) is 18.8. The summed E-state index contributed by atoms with van der Waals surface area (Å²) in [6.07, 6.45) is 1.33. The molecule has 0 aliphatic carbocycles. The molecule has 1 aliphatic rings. The predicted octanol–water partition coefficient (Wildman–Crippen LogP) is 3.91. The Morgan fingerprint density at radius 1 is 1.13 bits per heavy atom. The zero-order chi connectivity index (χ0) is 22.6. The third-order valence-electron chi connectivity index (χ3n) is 5.69. The molecule has 1 aliphatic heterocycles. The van der Waals surface area contributed by atoms with Gasteiger partial charge in [0.15, 0.2) is 0 Å². The van der Waals surface area contributed by atoms with Gasteiger partial charge in [0.05, 0.1) is 28.3 Å². The lowest BCUT2D eigenvalue weighted by Gasteiger charge is -2.32. The summed E-state index contributed by atoms with van der Waals surface area (Å²) in [6, 6.07) is 13.1. The fourth-order valence-corrected chi connectivity index (χ4v) is 3.01. The molecule has 0 bridgehead atoms. The third-order valence-corrected chi connectivity index (χ3v) is 5.69. The van der Waals surface area contributed by atoms with Crippen molar-refractivity contribution in [3.8, 4) is 0 Å². The first-order valence-corrected chi connectivity index (χ1v) is 10.3. The summed E-state index contributed by atoms with van der Waals surface area (Å²) in [7, 11) is -0.626. The van der Waals surface area contributed by atoms with Crippen molar-refractivity contribution < 1.29 is 18.8 Å². The number of anilines is 1. The monoisotopic (exact) mass is 423 g/mol. The molecular weight excluding hydrogens is 393 g/mol. The Kier molecular flexibility index (Phi) is 6.72. The molecule has 3 N–H and O–H groups in total. The van der Waals surface area contributed by atoms with Crippen LogP contribution in [0.2, 0.25) is 0 Å². The van der Waals surface area contributed by atoms with E-state index in [4.69, 9.17) is 19.8 Å². The van der Waals surface area contributed by atoms with Gasteiger partial charge in [0, 0.05) is 6.54 Å². The minimum atomic E-state index is -0.626. The highest BCUT2D eigenvalue weighted by molar-refractivity contribution is 6.56. The first kappa shape index (κ1) is 22.8. The number of nitrogens with one attached hydrogen (secondary N) is 1. The van der Waals surface area contributed by atoms with Gasteiger partial charge in [-0.2, -0.15) is 0 Å². The van der Waals surface area contributed by atoms with E-state index < -0.39 is 24.4 Å². The molecule has 0 spiro atoms. The topological polar surface area (TPSA) is 95.7 Å². The van der Waals surface area contributed by atoms with Crippen LogP contribution >= 0.6 is 0 Å². The number of amides is 1. The van der Waals surface area contributed by atoms with Crippen molar-refractivity contribution in [3.05, 3.63) is 64.9 Å². The second-order valence-corrected chi connectivity index (χ2v) is 8.63. The maximum atomic E-state index is 12.3. The largest absolute Gasteiger partial charge is 0.492 e. The lowest BCUT2D eigenvalue weighted by atomic mass is 9.77. The molecule has 8 heteroatoms. The molecule has 0 unspecified atom stereocenters. The number of aryl methyl sites for hydroxylation is 1. The highest BCUT2D eigenvalue weighted by atomic mass is 16.7. The molecule has 31 heavy (non-hydrogen) atoms. The van der Waals surface area contributed by atoms with E-state index in [2.05, 4.69) is 10.3 Å². The number of nitrogens with zero attached hydrogens (tertiary/aromatic N) is 1. The minimum absolute atomic E-state index is 0.190. The third kappa shape index (κ3) is 5.65. The van der Waals surface area contributed by atoms with E-state index in [0.29, 0.717) is 11.4 Å². The average Bonchev–Trinajstić information content (AvgIpc) is 2.94. The van der Waals surface area contributed by atoms with Crippen LogP contribution in [0.1, 0.15) is 44.6 Å². The maximum Gasteiger partial charge on any atom is 0.492 e. The van der Waals surface area contributed by atoms with Crippen LogP contribution in [0, 0.1) is 6.92 Å². The van der Waals surface area contributed by atoms with Crippen LogP contribution in [0.3, 0.4) is 0 Å². The normalized spacial score (nSPS) is 17.5. The summed E-state index contributed by atoms with van der Waals surface area (Å²) in [5.74, 6) is 0. The van der Waals surface area contributed by atoms with Crippen molar-refractivity contribution in [1.29, 1.82) is 0 Å². The molecule has 1 saturated heterocycles. The number of ether oxygens (including phenoxy) is 1. The van der Waals surface area contributed by atoms with Gasteiger partial charge in [0.2, 0.25) is 0 Å². The van der Waals surface area contributed by atoms with E-state index in [0.717, 1.165) is 16.7 Å². The van der Waals surface area contributed by atoms with Crippen molar-refractivity contribution in [2.24, 2.45) is 0 Å². The molecule has 1 aromatic carbocycles. The minimum Gasteiger partial charge on any atom is -0.445 e. The van der Waals surface area contributed by atoms with E-state index >= 15 is 0 Å². The zero-order valence-corrected chi connectivity index (χ0v) is 18.8. The highest BCUT2D eigenvalue weighted by Crippen LogP contribution is 2.38. The Morgan fingerprint density at radius 3 is 2.39 bits per heavy atom. The quantitative estimate of drug-likeness (QED) is 0.684. The van der Waals surface area contributed by atoms with E-state index in [1.54, 1.807) is 6.07 Å². The van der Waals surface area contributed by atoms with Gasteiger partial charge >= 0.3 is 13.2 Å². The fraction of sp³-hybridized carbons (Fsp3) is 0.391. The van der Waals surface area contributed by atoms with Crippen LogP contribution in [0.4, 0.5) is 10.5 Å². The number of benzene rings is 1. The first-order chi connectivity index (χ1) is 14.6. The Labute approximate surface area is 184 Å². The van der Waals surface area contributed by atoms with Crippen molar-refractivity contribution in [3.63, 3.8) is 0 Å². The van der Waals surface area contributed by atoms with E-state index in [9.17, 15) is 4.79 Å². The van der Waals surface area contributed by atoms with Gasteiger partial charge < -0.3 is 25.1 Å². The maximum absolute atomic E-state index is 12.3. The Morgan fingerprint density at radius 2 is 1.77 bits per heavy atom. The van der Waals surface area contributed by atoms with Crippen LogP contribution in [-0.2, 0) is 20.7 Å². The average molecular weight is 423 g/mol. The van der Waals surface area contributed by atoms with E-state index in [-0.39, 0.29) is 13.2 Å². The van der Waals surface area contributed by atoms with Crippen molar-refractivity contribution in [2.75, 3.05) is 12.3 Å². The lowest BCUT2D eigenvalue weighted by molar-refractivity contribution is 0.00578. The second kappa shape index (κ2) is 9.12. The molecule has 7 nitrogen and oxygen atoms in total. The Hall–Kier alpha value is -2.84. The summed E-state index contributed by atoms with van der Waals surface area (Å²) in [5.41, 5.74) is 8.58. The van der Waals surface area contributed by atoms with Gasteiger partial charge in [0.1, 0.15) is 6.61 Å². The number of carbonyl (C=O) groups is 1. The molecule has 1 aromatic heterocycles. The summed E-state index contributed by atoms with van der Waals surface area (Å²) >= 11 is 0. The molecule has 2 aromatic rings. The van der Waals surface area contributed by atoms with Gasteiger partial charge in [-0.1, -0.05) is 30.3 Å². The van der Waals surface area contributed by atoms with E-state index in [1.807, 2.05) is 77.1 Å². The standard InChI is InChI=1S/C23H30BN3O4/c1-16-20(25)12-11-19(27-16)13-18(24-30-22(2,3)23(4,5)31-24)14-26-21(28)29-15-17-9-7-6-8-10-17/h6-13H,14-15,25H2,1-5H3,(H,26,28). The van der Waals surface area contributed by atoms with Gasteiger partial charge in [-0.3, -0.25) is 4.98 Å². The summed E-state index contributed by atoms with van der Waals surface area (Å²) in [6.45, 7) is 10.2. The first-order valence-electron chi connectivity index (χ1n) is 10.3. The molecule has 1 fully saturated rings. The Balaban J connectivity index is 1.73. The number of alkyl carbamates (subject to hydrolysis) is 1. The lowest BCUT2D eigenvalue weighted by Crippen LogP contribution is -2.41. The Bertz CT molecular complexity index is 945. The van der Waals surface area contributed by atoms with Gasteiger partial charge in [-0.15, -0.1) is 0 Å². The van der Waals surface area contributed by atoms with Crippen molar-refractivity contribution >= 4 is 25.0 Å². The van der Waals surface area contributed by atoms with E-state index in [1.165, 1.54) is 0 Å². The molecular formula is C23H30BN3O4. The van der Waals surface area contributed by atoms with Gasteiger partial charge in [-0.05, 0) is 63.9 Å². The predicted molar refractivity (Wildman–Crippen MR) is 122 cm³/mol. The molecule has 1 amide bonds. The van der Waals surface area contributed by atoms with Crippen LogP contribution in [-0.4, -0.2) is 35.9 Å². The van der Waals surface area contributed by atoms with Gasteiger partial charge in [-0.25, -0.2) is 4.79 Å². The number of nitrogens with two attached hydrogens (primary N) is 1. The van der Waals surface area contributed by atoms with Crippen LogP contribution in [0.5, 0.6) is 0 Å². The summed E-state index contributed by atoms with van der Waals surface area (Å²) < 4.78 is 17.7. The van der Waals surface area contributed by atoms with Crippen molar-refractivity contribution in [2.45, 2.75) is 52.4 Å². The van der Waals surface area contributed by atoms with Crippen molar-refractivity contribution in [1.82, 2.24) is 10.3 Å². The number of nitrogen functional groups attached to an aromatic ring is 1. The molecule has 3 rings (SSSR count). The number of hydrogen-bond acceptors (Lipinski definition) is 6. The van der Waals surface area contributed by atoms with Crippen LogP contribution < -0.4 is 11.1 Å². The van der Waals surface area contributed by atoms with Gasteiger partial charge in [0.25, 0.3) is 0 Å². The molecule has 0 atom stereocenters. The highest BCUT2D eigenvalue weighted by Gasteiger charge is 2.52. The fourth-order valence-electron chi connectivity index (χ4n) is 3.01. The summed E-state index contributed by atoms with van der Waals surface area (Å²) in [4.78, 5) is 16.8. The SMILES string of the molecule is Cc1nc(C=C(CNC(=O)OCc2ccccc2)B2OC(C)(C)C(C)(C)O2)ccc1N. The number of rotatable bonds is 6. The molecule has 164 valence electrons. The number of pyridine rings is 1.